The number of ether oxygens (including phenoxy) is 1. The van der Waals surface area contributed by atoms with Crippen LogP contribution in [0.25, 0.3) is 0 Å². The first kappa shape index (κ1) is 21.2. The fraction of sp³-hybridized carbons (Fsp3) is 0.560. The van der Waals surface area contributed by atoms with Crippen molar-refractivity contribution in [3.8, 4) is 5.75 Å². The van der Waals surface area contributed by atoms with Crippen LogP contribution < -0.4 is 15.0 Å². The monoisotopic (exact) mass is 435 g/mol. The van der Waals surface area contributed by atoms with Crippen LogP contribution in [0.15, 0.2) is 36.5 Å². The summed E-state index contributed by atoms with van der Waals surface area (Å²) in [4.78, 5) is 26.8. The van der Waals surface area contributed by atoms with Crippen molar-refractivity contribution in [3.63, 3.8) is 0 Å². The third kappa shape index (κ3) is 4.06. The molecule has 3 saturated heterocycles. The van der Waals surface area contributed by atoms with Crippen molar-refractivity contribution in [2.24, 2.45) is 0 Å². The summed E-state index contributed by atoms with van der Waals surface area (Å²) in [6.45, 7) is 5.03. The molecule has 0 spiro atoms. The molecule has 0 bridgehead atoms. The summed E-state index contributed by atoms with van der Waals surface area (Å²) in [5.41, 5.74) is 2.05. The molecular weight excluding hydrogens is 402 g/mol. The van der Waals surface area contributed by atoms with Gasteiger partial charge in [-0.05, 0) is 62.8 Å². The number of methoxy groups -OCH3 is 1. The number of carbonyl (C=O) groups is 1. The average molecular weight is 436 g/mol. The lowest BCUT2D eigenvalue weighted by Gasteiger charge is -2.35. The molecule has 1 amide bonds. The van der Waals surface area contributed by atoms with Crippen molar-refractivity contribution >= 4 is 11.9 Å². The number of aromatic nitrogens is 2. The summed E-state index contributed by atoms with van der Waals surface area (Å²) in [5.74, 6) is 1.87. The van der Waals surface area contributed by atoms with Gasteiger partial charge in [-0.25, -0.2) is 9.97 Å². The first-order chi connectivity index (χ1) is 15.6. The lowest BCUT2D eigenvalue weighted by atomic mass is 9.88. The van der Waals surface area contributed by atoms with Gasteiger partial charge in [-0.3, -0.25) is 9.69 Å². The quantitative estimate of drug-likeness (QED) is 0.776. The van der Waals surface area contributed by atoms with E-state index in [1.54, 1.807) is 7.11 Å². The van der Waals surface area contributed by atoms with Crippen molar-refractivity contribution in [1.29, 1.82) is 0 Å². The maximum Gasteiger partial charge on any atom is 0.225 e. The minimum Gasteiger partial charge on any atom is -0.497 e. The maximum absolute atomic E-state index is 12.4. The van der Waals surface area contributed by atoms with Gasteiger partial charge < -0.3 is 15.0 Å². The molecule has 7 nitrogen and oxygen atoms in total. The van der Waals surface area contributed by atoms with E-state index in [2.05, 4.69) is 39.2 Å². The molecule has 2 aromatic rings. The predicted molar refractivity (Wildman–Crippen MR) is 124 cm³/mol. The maximum atomic E-state index is 12.4. The highest BCUT2D eigenvalue weighted by molar-refractivity contribution is 5.77. The van der Waals surface area contributed by atoms with Gasteiger partial charge in [0.05, 0.1) is 18.3 Å². The van der Waals surface area contributed by atoms with Crippen molar-refractivity contribution in [1.82, 2.24) is 20.2 Å². The standard InChI is InChI=1S/C25H33N5O2/c1-25-16-21(18-8-10-20(32-2)11-9-18)30(22(25)6-5-7-23(31)28-25)17-19-12-13-26-24(27-19)29-14-3-4-15-29/h8-13,21-22H,3-7,14-17H2,1-2H3,(H,28,31)/t21-,22-,25-/m0/s1. The van der Waals surface area contributed by atoms with Gasteiger partial charge in [0.15, 0.2) is 0 Å². The molecule has 0 unspecified atom stereocenters. The highest BCUT2D eigenvalue weighted by Gasteiger charge is 2.51. The first-order valence-corrected chi connectivity index (χ1v) is 11.8. The third-order valence-electron chi connectivity index (χ3n) is 7.39. The fourth-order valence-electron chi connectivity index (χ4n) is 5.78. The molecule has 4 heterocycles. The van der Waals surface area contributed by atoms with Gasteiger partial charge in [-0.1, -0.05) is 12.1 Å². The van der Waals surface area contributed by atoms with E-state index < -0.39 is 0 Å². The molecule has 1 N–H and O–H groups in total. The zero-order valence-corrected chi connectivity index (χ0v) is 19.1. The Bertz CT molecular complexity index is 959. The van der Waals surface area contributed by atoms with Crippen LogP contribution >= 0.6 is 0 Å². The van der Waals surface area contributed by atoms with Gasteiger partial charge in [0.25, 0.3) is 0 Å². The van der Waals surface area contributed by atoms with Crippen LogP contribution in [0.1, 0.15) is 62.7 Å². The number of nitrogens with one attached hydrogen (secondary N) is 1. The van der Waals surface area contributed by atoms with Crippen molar-refractivity contribution in [2.45, 2.75) is 69.6 Å². The largest absolute Gasteiger partial charge is 0.497 e. The van der Waals surface area contributed by atoms with E-state index in [-0.39, 0.29) is 23.5 Å². The Morgan fingerprint density at radius 3 is 2.69 bits per heavy atom. The number of benzene rings is 1. The Morgan fingerprint density at radius 1 is 1.16 bits per heavy atom. The molecule has 7 heteroatoms. The van der Waals surface area contributed by atoms with Gasteiger partial charge in [-0.2, -0.15) is 0 Å². The summed E-state index contributed by atoms with van der Waals surface area (Å²) >= 11 is 0. The molecule has 3 atom stereocenters. The fourth-order valence-corrected chi connectivity index (χ4v) is 5.78. The molecule has 1 aromatic heterocycles. The van der Waals surface area contributed by atoms with E-state index in [1.807, 2.05) is 24.4 Å². The minimum atomic E-state index is -0.247. The van der Waals surface area contributed by atoms with Crippen LogP contribution in [0.4, 0.5) is 5.95 Å². The second-order valence-electron chi connectivity index (χ2n) is 9.58. The number of fused-ring (bicyclic) bond motifs is 1. The smallest absolute Gasteiger partial charge is 0.225 e. The number of hydrogen-bond acceptors (Lipinski definition) is 6. The number of rotatable bonds is 5. The zero-order chi connectivity index (χ0) is 22.1. The molecule has 3 aliphatic rings. The van der Waals surface area contributed by atoms with Crippen molar-refractivity contribution < 1.29 is 9.53 Å². The van der Waals surface area contributed by atoms with Crippen molar-refractivity contribution in [3.05, 3.63) is 47.8 Å². The Balaban J connectivity index is 1.47. The molecule has 0 radical (unpaired) electrons. The van der Waals surface area contributed by atoms with E-state index in [0.29, 0.717) is 6.42 Å². The summed E-state index contributed by atoms with van der Waals surface area (Å²) in [6, 6.07) is 10.9. The summed E-state index contributed by atoms with van der Waals surface area (Å²) in [6.07, 6.45) is 7.73. The Morgan fingerprint density at radius 2 is 1.94 bits per heavy atom. The van der Waals surface area contributed by atoms with Crippen LogP contribution in [-0.4, -0.2) is 52.6 Å². The Labute approximate surface area is 190 Å². The molecule has 170 valence electrons. The van der Waals surface area contributed by atoms with Gasteiger partial charge in [0.1, 0.15) is 5.75 Å². The van der Waals surface area contributed by atoms with Crippen LogP contribution in [0.3, 0.4) is 0 Å². The highest BCUT2D eigenvalue weighted by atomic mass is 16.5. The molecule has 1 aromatic carbocycles. The summed E-state index contributed by atoms with van der Waals surface area (Å²) in [5, 5.41) is 3.37. The second-order valence-corrected chi connectivity index (χ2v) is 9.58. The highest BCUT2D eigenvalue weighted by Crippen LogP contribution is 2.46. The summed E-state index contributed by atoms with van der Waals surface area (Å²) < 4.78 is 5.37. The predicted octanol–water partition coefficient (Wildman–Crippen LogP) is 3.46. The van der Waals surface area contributed by atoms with E-state index in [0.717, 1.165) is 56.3 Å². The van der Waals surface area contributed by atoms with Crippen molar-refractivity contribution in [2.75, 3.05) is 25.1 Å². The van der Waals surface area contributed by atoms with Gasteiger partial charge >= 0.3 is 0 Å². The first-order valence-electron chi connectivity index (χ1n) is 11.8. The van der Waals surface area contributed by atoms with Gasteiger partial charge in [0, 0.05) is 44.3 Å². The lowest BCUT2D eigenvalue weighted by Crippen LogP contribution is -2.52. The number of carbonyl (C=O) groups excluding carboxylic acids is 1. The minimum absolute atomic E-state index is 0.170. The van der Waals surface area contributed by atoms with E-state index in [9.17, 15) is 4.79 Å². The molecular formula is C25H33N5O2. The molecule has 5 rings (SSSR count). The third-order valence-corrected chi connectivity index (χ3v) is 7.39. The lowest BCUT2D eigenvalue weighted by molar-refractivity contribution is -0.122. The number of anilines is 1. The Kier molecular flexibility index (Phi) is 5.76. The number of amides is 1. The van der Waals surface area contributed by atoms with E-state index in [1.165, 1.54) is 18.4 Å². The van der Waals surface area contributed by atoms with E-state index >= 15 is 0 Å². The molecule has 0 saturated carbocycles. The molecule has 3 fully saturated rings. The van der Waals surface area contributed by atoms with Gasteiger partial charge in [0.2, 0.25) is 11.9 Å². The van der Waals surface area contributed by atoms with Gasteiger partial charge in [-0.15, -0.1) is 0 Å². The van der Waals surface area contributed by atoms with Crippen LogP contribution in [0.5, 0.6) is 5.75 Å². The number of nitrogens with zero attached hydrogens (tertiary/aromatic N) is 4. The SMILES string of the molecule is COc1ccc([C@@H]2C[C@]3(C)NC(=O)CCC[C@@H]3N2Cc2ccnc(N3CCCC3)n2)cc1. The topological polar surface area (TPSA) is 70.6 Å². The molecule has 0 aliphatic carbocycles. The summed E-state index contributed by atoms with van der Waals surface area (Å²) in [7, 11) is 1.69. The molecule has 32 heavy (non-hydrogen) atoms. The van der Waals surface area contributed by atoms with E-state index in [4.69, 9.17) is 9.72 Å². The Hall–Kier alpha value is -2.67. The normalized spacial score (nSPS) is 28.3. The zero-order valence-electron chi connectivity index (χ0n) is 19.1. The van der Waals surface area contributed by atoms with Crippen LogP contribution in [-0.2, 0) is 11.3 Å². The average Bonchev–Trinajstić information content (AvgIpc) is 3.39. The van der Waals surface area contributed by atoms with Crippen LogP contribution in [0, 0.1) is 0 Å². The van der Waals surface area contributed by atoms with Crippen LogP contribution in [0.2, 0.25) is 0 Å². The number of hydrogen-bond donors (Lipinski definition) is 1. The number of likely N-dealkylation sites (tertiary alicyclic amines) is 1. The second kappa shape index (κ2) is 8.70. The molecule has 3 aliphatic heterocycles.